The number of nitrogens with zero attached hydrogens (tertiary/aromatic N) is 1. The maximum Gasteiger partial charge on any atom is 0.359 e. The van der Waals surface area contributed by atoms with Crippen LogP contribution in [0.2, 0.25) is 0 Å². The smallest absolute Gasteiger partial charge is 0.359 e. The molecule has 7 heteroatoms. The highest BCUT2D eigenvalue weighted by Gasteiger charge is 2.35. The lowest BCUT2D eigenvalue weighted by molar-refractivity contribution is 0.0501. The molecule has 2 rings (SSSR count). The van der Waals surface area contributed by atoms with Crippen molar-refractivity contribution < 1.29 is 28.5 Å². The Bertz CT molecular complexity index is 503. The van der Waals surface area contributed by atoms with Gasteiger partial charge in [-0.2, -0.15) is 0 Å². The minimum absolute atomic E-state index is 0.192. The molecule has 1 aliphatic heterocycles. The summed E-state index contributed by atoms with van der Waals surface area (Å²) in [5, 5.41) is 0. The highest BCUT2D eigenvalue weighted by atomic mass is 16.6. The van der Waals surface area contributed by atoms with Gasteiger partial charge in [0.2, 0.25) is 0 Å². The van der Waals surface area contributed by atoms with Gasteiger partial charge in [0.1, 0.15) is 13.2 Å². The Labute approximate surface area is 122 Å². The molecule has 7 nitrogen and oxygen atoms in total. The minimum atomic E-state index is -0.545. The molecule has 0 radical (unpaired) electrons. The Kier molecular flexibility index (Phi) is 4.72. The molecule has 0 unspecified atom stereocenters. The summed E-state index contributed by atoms with van der Waals surface area (Å²) < 4.78 is 22.6. The van der Waals surface area contributed by atoms with Crippen molar-refractivity contribution in [3.8, 4) is 11.5 Å². The molecular formula is C14H19NO6. The summed E-state index contributed by atoms with van der Waals surface area (Å²) >= 11 is 0. The monoisotopic (exact) mass is 297 g/mol. The predicted molar refractivity (Wildman–Crippen MR) is 73.0 cm³/mol. The van der Waals surface area contributed by atoms with Gasteiger partial charge in [-0.1, -0.05) is 0 Å². The zero-order valence-corrected chi connectivity index (χ0v) is 12.4. The molecule has 0 saturated carbocycles. The van der Waals surface area contributed by atoms with Crippen LogP contribution in [-0.2, 0) is 16.0 Å². The number of fused-ring (bicyclic) bond motifs is 1. The topological polar surface area (TPSA) is 76.0 Å². The van der Waals surface area contributed by atoms with Gasteiger partial charge in [0, 0.05) is 6.54 Å². The van der Waals surface area contributed by atoms with Crippen molar-refractivity contribution in [3.63, 3.8) is 0 Å². The zero-order valence-electron chi connectivity index (χ0n) is 12.4. The number of hydrogen-bond acceptors (Lipinski definition) is 6. The van der Waals surface area contributed by atoms with Crippen LogP contribution in [0.25, 0.3) is 0 Å². The van der Waals surface area contributed by atoms with Crippen LogP contribution in [0.1, 0.15) is 41.7 Å². The standard InChI is InChI=1S/C14H19NO6/c1-4-15-9(13(16)18-5-2)11-12(21-8-7-20-11)10(15)14(17)19-6-3/h4-8H2,1-3H3. The molecule has 0 aromatic carbocycles. The Hall–Kier alpha value is -2.18. The number of rotatable bonds is 5. The van der Waals surface area contributed by atoms with Crippen molar-refractivity contribution in [1.82, 2.24) is 4.57 Å². The van der Waals surface area contributed by atoms with E-state index in [0.717, 1.165) is 0 Å². The van der Waals surface area contributed by atoms with Crippen LogP contribution in [0.5, 0.6) is 11.5 Å². The molecule has 0 aliphatic carbocycles. The molecule has 0 atom stereocenters. The number of esters is 2. The van der Waals surface area contributed by atoms with E-state index >= 15 is 0 Å². The summed E-state index contributed by atoms with van der Waals surface area (Å²) in [7, 11) is 0. The summed E-state index contributed by atoms with van der Waals surface area (Å²) in [5.74, 6) is -0.581. The second-order valence-corrected chi connectivity index (χ2v) is 4.24. The summed E-state index contributed by atoms with van der Waals surface area (Å²) in [5.41, 5.74) is 0.384. The number of aromatic nitrogens is 1. The average Bonchev–Trinajstić information content (AvgIpc) is 2.82. The molecule has 1 aromatic heterocycles. The number of ether oxygens (including phenoxy) is 4. The SMILES string of the molecule is CCOC(=O)c1c2c(c(C(=O)OCC)n1CC)OCCO2. The number of hydrogen-bond donors (Lipinski definition) is 0. The average molecular weight is 297 g/mol. The van der Waals surface area contributed by atoms with Crippen molar-refractivity contribution >= 4 is 11.9 Å². The van der Waals surface area contributed by atoms with Gasteiger partial charge in [0.05, 0.1) is 13.2 Å². The quantitative estimate of drug-likeness (QED) is 0.769. The Morgan fingerprint density at radius 3 is 1.71 bits per heavy atom. The van der Waals surface area contributed by atoms with Gasteiger partial charge in [-0.05, 0) is 20.8 Å². The van der Waals surface area contributed by atoms with Gasteiger partial charge in [-0.15, -0.1) is 0 Å². The lowest BCUT2D eigenvalue weighted by Crippen LogP contribution is -2.17. The fraction of sp³-hybridized carbons (Fsp3) is 0.571. The van der Waals surface area contributed by atoms with E-state index in [1.54, 1.807) is 13.8 Å². The first-order chi connectivity index (χ1) is 10.2. The van der Waals surface area contributed by atoms with E-state index in [4.69, 9.17) is 18.9 Å². The van der Waals surface area contributed by atoms with Gasteiger partial charge >= 0.3 is 11.9 Å². The third kappa shape index (κ3) is 2.68. The summed E-state index contributed by atoms with van der Waals surface area (Å²) in [6, 6.07) is 0. The van der Waals surface area contributed by atoms with Crippen LogP contribution in [-0.4, -0.2) is 42.9 Å². The van der Waals surface area contributed by atoms with Crippen LogP contribution < -0.4 is 9.47 Å². The van der Waals surface area contributed by atoms with Crippen molar-refractivity contribution in [1.29, 1.82) is 0 Å². The van der Waals surface area contributed by atoms with Gasteiger partial charge in [-0.25, -0.2) is 9.59 Å². The minimum Gasteiger partial charge on any atom is -0.484 e. The highest BCUT2D eigenvalue weighted by molar-refractivity contribution is 5.99. The molecule has 21 heavy (non-hydrogen) atoms. The van der Waals surface area contributed by atoms with Crippen LogP contribution >= 0.6 is 0 Å². The zero-order chi connectivity index (χ0) is 15.4. The third-order valence-corrected chi connectivity index (χ3v) is 3.01. The maximum atomic E-state index is 12.2. The van der Waals surface area contributed by atoms with Crippen molar-refractivity contribution in [2.75, 3.05) is 26.4 Å². The van der Waals surface area contributed by atoms with Crippen molar-refractivity contribution in [3.05, 3.63) is 11.4 Å². The van der Waals surface area contributed by atoms with Crippen LogP contribution in [0.4, 0.5) is 0 Å². The molecule has 0 amide bonds. The normalized spacial score (nSPS) is 12.9. The van der Waals surface area contributed by atoms with E-state index in [0.29, 0.717) is 19.8 Å². The molecule has 0 fully saturated rings. The molecule has 0 bridgehead atoms. The van der Waals surface area contributed by atoms with E-state index in [1.165, 1.54) is 4.57 Å². The second-order valence-electron chi connectivity index (χ2n) is 4.24. The fourth-order valence-electron chi connectivity index (χ4n) is 2.25. The summed E-state index contributed by atoms with van der Waals surface area (Å²) in [6.45, 7) is 6.74. The van der Waals surface area contributed by atoms with Gasteiger partial charge < -0.3 is 23.5 Å². The Morgan fingerprint density at radius 2 is 1.38 bits per heavy atom. The fourth-order valence-corrected chi connectivity index (χ4v) is 2.25. The molecule has 0 spiro atoms. The molecule has 1 aliphatic rings. The van der Waals surface area contributed by atoms with Crippen LogP contribution in [0.15, 0.2) is 0 Å². The van der Waals surface area contributed by atoms with Crippen LogP contribution in [0, 0.1) is 0 Å². The first-order valence-electron chi connectivity index (χ1n) is 7.01. The molecule has 1 aromatic rings. The summed E-state index contributed by atoms with van der Waals surface area (Å²) in [6.07, 6.45) is 0. The summed E-state index contributed by atoms with van der Waals surface area (Å²) in [4.78, 5) is 24.3. The van der Waals surface area contributed by atoms with E-state index in [1.807, 2.05) is 6.92 Å². The molecule has 0 N–H and O–H groups in total. The molecule has 0 saturated heterocycles. The number of carbonyl (C=O) groups is 2. The highest BCUT2D eigenvalue weighted by Crippen LogP contribution is 2.41. The van der Waals surface area contributed by atoms with E-state index in [2.05, 4.69) is 0 Å². The van der Waals surface area contributed by atoms with Gasteiger partial charge in [0.15, 0.2) is 22.9 Å². The third-order valence-electron chi connectivity index (χ3n) is 3.01. The molecular weight excluding hydrogens is 278 g/mol. The number of carbonyl (C=O) groups excluding carboxylic acids is 2. The first kappa shape index (κ1) is 15.2. The maximum absolute atomic E-state index is 12.2. The van der Waals surface area contributed by atoms with Crippen LogP contribution in [0.3, 0.4) is 0 Å². The van der Waals surface area contributed by atoms with Gasteiger partial charge in [0.25, 0.3) is 0 Å². The van der Waals surface area contributed by atoms with Crippen molar-refractivity contribution in [2.24, 2.45) is 0 Å². The largest absolute Gasteiger partial charge is 0.484 e. The first-order valence-corrected chi connectivity index (χ1v) is 7.01. The molecule has 2 heterocycles. The van der Waals surface area contributed by atoms with E-state index in [-0.39, 0.29) is 36.1 Å². The van der Waals surface area contributed by atoms with Crippen molar-refractivity contribution in [2.45, 2.75) is 27.3 Å². The lowest BCUT2D eigenvalue weighted by Gasteiger charge is -2.16. The van der Waals surface area contributed by atoms with E-state index < -0.39 is 11.9 Å². The van der Waals surface area contributed by atoms with Gasteiger partial charge in [-0.3, -0.25) is 0 Å². The lowest BCUT2D eigenvalue weighted by atomic mass is 10.3. The Balaban J connectivity index is 2.59. The second kappa shape index (κ2) is 6.51. The predicted octanol–water partition coefficient (Wildman–Crippen LogP) is 1.63. The molecule has 116 valence electrons. The van der Waals surface area contributed by atoms with E-state index in [9.17, 15) is 9.59 Å². The Morgan fingerprint density at radius 1 is 0.952 bits per heavy atom.